The zero-order valence-corrected chi connectivity index (χ0v) is 16.5. The monoisotopic (exact) mass is 372 g/mol. The summed E-state index contributed by atoms with van der Waals surface area (Å²) in [5, 5.41) is 9.57. The molecule has 0 N–H and O–H groups in total. The average Bonchev–Trinajstić information content (AvgIpc) is 3.07. The summed E-state index contributed by atoms with van der Waals surface area (Å²) in [7, 11) is 0. The summed E-state index contributed by atoms with van der Waals surface area (Å²) in [6, 6.07) is 10.8. The third-order valence-corrected chi connectivity index (χ3v) is 5.99. The number of nitrogens with zero attached hydrogens (tertiary/aromatic N) is 4. The Kier molecular flexibility index (Phi) is 6.72. The molecule has 1 atom stereocenters. The molecule has 26 heavy (non-hydrogen) atoms. The Morgan fingerprint density at radius 2 is 2.00 bits per heavy atom. The van der Waals surface area contributed by atoms with Crippen molar-refractivity contribution in [3.8, 4) is 0 Å². The Balaban J connectivity index is 1.58. The second-order valence-electron chi connectivity index (χ2n) is 6.85. The van der Waals surface area contributed by atoms with Crippen molar-refractivity contribution in [3.63, 3.8) is 0 Å². The van der Waals surface area contributed by atoms with Crippen molar-refractivity contribution in [2.24, 2.45) is 0 Å². The number of aromatic nitrogens is 3. The van der Waals surface area contributed by atoms with Crippen LogP contribution < -0.4 is 0 Å². The van der Waals surface area contributed by atoms with E-state index in [9.17, 15) is 4.79 Å². The number of aryl methyl sites for hydroxylation is 2. The molecule has 6 heteroatoms. The van der Waals surface area contributed by atoms with Crippen LogP contribution in [0.15, 0.2) is 35.5 Å². The predicted octanol–water partition coefficient (Wildman–Crippen LogP) is 3.58. The van der Waals surface area contributed by atoms with Crippen LogP contribution in [-0.4, -0.2) is 43.9 Å². The number of likely N-dealkylation sites (tertiary alicyclic amines) is 1. The summed E-state index contributed by atoms with van der Waals surface area (Å²) in [6.07, 6.45) is 5.28. The summed E-state index contributed by atoms with van der Waals surface area (Å²) in [6.45, 7) is 5.98. The number of hydrogen-bond donors (Lipinski definition) is 0. The molecule has 1 amide bonds. The number of thioether (sulfide) groups is 1. The minimum absolute atomic E-state index is 0.221. The van der Waals surface area contributed by atoms with Gasteiger partial charge in [0.05, 0.1) is 5.75 Å². The molecule has 1 aromatic carbocycles. The number of carbonyl (C=O) groups excluding carboxylic acids is 1. The Bertz CT molecular complexity index is 716. The lowest BCUT2D eigenvalue weighted by Gasteiger charge is -2.33. The number of rotatable bonds is 7. The van der Waals surface area contributed by atoms with Crippen molar-refractivity contribution in [2.45, 2.75) is 63.7 Å². The third-order valence-electron chi connectivity index (χ3n) is 5.04. The zero-order chi connectivity index (χ0) is 18.4. The molecular formula is C20H28N4OS. The molecule has 1 saturated heterocycles. The number of carbonyl (C=O) groups is 1. The molecule has 2 heterocycles. The maximum atomic E-state index is 12.5. The normalized spacial score (nSPS) is 17.5. The van der Waals surface area contributed by atoms with E-state index in [0.29, 0.717) is 11.8 Å². The molecule has 1 aromatic heterocycles. The lowest BCUT2D eigenvalue weighted by Crippen LogP contribution is -2.43. The maximum absolute atomic E-state index is 12.5. The molecule has 0 spiro atoms. The van der Waals surface area contributed by atoms with Gasteiger partial charge in [0.15, 0.2) is 5.16 Å². The molecule has 0 aliphatic carbocycles. The van der Waals surface area contributed by atoms with Gasteiger partial charge in [0.1, 0.15) is 5.82 Å². The summed E-state index contributed by atoms with van der Waals surface area (Å²) in [5.74, 6) is 1.66. The lowest BCUT2D eigenvalue weighted by molar-refractivity contribution is -0.131. The highest BCUT2D eigenvalue weighted by molar-refractivity contribution is 7.99. The smallest absolute Gasteiger partial charge is 0.233 e. The van der Waals surface area contributed by atoms with E-state index in [4.69, 9.17) is 0 Å². The van der Waals surface area contributed by atoms with Crippen molar-refractivity contribution < 1.29 is 4.79 Å². The molecule has 140 valence electrons. The van der Waals surface area contributed by atoms with Gasteiger partial charge < -0.3 is 9.47 Å². The number of amides is 1. The molecule has 1 fully saturated rings. The highest BCUT2D eigenvalue weighted by Gasteiger charge is 2.23. The number of benzene rings is 1. The Morgan fingerprint density at radius 1 is 1.19 bits per heavy atom. The standard InChI is InChI=1S/C20H28N4OS/c1-3-23-18(13-12-17-10-5-4-6-11-17)21-22-20(23)26-15-19(25)24-14-8-7-9-16(24)2/h4-6,10-11,16H,3,7-9,12-15H2,1-2H3/t16-/m0/s1. The van der Waals surface area contributed by atoms with E-state index < -0.39 is 0 Å². The highest BCUT2D eigenvalue weighted by atomic mass is 32.2. The van der Waals surface area contributed by atoms with Crippen LogP contribution in [0.25, 0.3) is 0 Å². The molecule has 0 radical (unpaired) electrons. The number of hydrogen-bond acceptors (Lipinski definition) is 4. The van der Waals surface area contributed by atoms with E-state index in [1.165, 1.54) is 23.7 Å². The third kappa shape index (κ3) is 4.67. The number of piperidine rings is 1. The lowest BCUT2D eigenvalue weighted by atomic mass is 10.0. The van der Waals surface area contributed by atoms with Crippen molar-refractivity contribution in [3.05, 3.63) is 41.7 Å². The van der Waals surface area contributed by atoms with Gasteiger partial charge >= 0.3 is 0 Å². The van der Waals surface area contributed by atoms with Gasteiger partial charge in [0.2, 0.25) is 5.91 Å². The SMILES string of the molecule is CCn1c(CCc2ccccc2)nnc1SCC(=O)N1CCCC[C@@H]1C. The highest BCUT2D eigenvalue weighted by Crippen LogP contribution is 2.22. The van der Waals surface area contributed by atoms with E-state index in [1.54, 1.807) is 0 Å². The Labute approximate surface area is 160 Å². The van der Waals surface area contributed by atoms with E-state index in [2.05, 4.69) is 52.9 Å². The van der Waals surface area contributed by atoms with Crippen LogP contribution in [0.4, 0.5) is 0 Å². The molecule has 0 bridgehead atoms. The van der Waals surface area contributed by atoms with E-state index in [-0.39, 0.29) is 5.91 Å². The first-order valence-electron chi connectivity index (χ1n) is 9.57. The molecule has 2 aromatic rings. The fourth-order valence-corrected chi connectivity index (χ4v) is 4.41. The topological polar surface area (TPSA) is 51.0 Å². The largest absolute Gasteiger partial charge is 0.339 e. The summed E-state index contributed by atoms with van der Waals surface area (Å²) < 4.78 is 2.14. The quantitative estimate of drug-likeness (QED) is 0.697. The molecule has 0 unspecified atom stereocenters. The first-order valence-corrected chi connectivity index (χ1v) is 10.6. The molecular weight excluding hydrogens is 344 g/mol. The van der Waals surface area contributed by atoms with Gasteiger partial charge in [0, 0.05) is 25.6 Å². The molecule has 0 saturated carbocycles. The van der Waals surface area contributed by atoms with E-state index in [1.807, 2.05) is 11.0 Å². The van der Waals surface area contributed by atoms with Crippen molar-refractivity contribution in [1.82, 2.24) is 19.7 Å². The summed E-state index contributed by atoms with van der Waals surface area (Å²) >= 11 is 1.52. The minimum atomic E-state index is 0.221. The second-order valence-corrected chi connectivity index (χ2v) is 7.79. The maximum Gasteiger partial charge on any atom is 0.233 e. The predicted molar refractivity (Wildman–Crippen MR) is 105 cm³/mol. The Morgan fingerprint density at radius 3 is 2.73 bits per heavy atom. The van der Waals surface area contributed by atoms with Crippen molar-refractivity contribution >= 4 is 17.7 Å². The van der Waals surface area contributed by atoms with Crippen molar-refractivity contribution in [1.29, 1.82) is 0 Å². The molecule has 1 aliphatic heterocycles. The van der Waals surface area contributed by atoms with Crippen LogP contribution in [0.2, 0.25) is 0 Å². The van der Waals surface area contributed by atoms with Gasteiger partial charge in [0.25, 0.3) is 0 Å². The van der Waals surface area contributed by atoms with E-state index in [0.717, 1.165) is 49.8 Å². The van der Waals surface area contributed by atoms with Gasteiger partial charge in [-0.25, -0.2) is 0 Å². The van der Waals surface area contributed by atoms with Gasteiger partial charge in [-0.1, -0.05) is 42.1 Å². The first-order chi connectivity index (χ1) is 12.7. The van der Waals surface area contributed by atoms with Gasteiger partial charge in [-0.2, -0.15) is 0 Å². The summed E-state index contributed by atoms with van der Waals surface area (Å²) in [5.41, 5.74) is 1.31. The van der Waals surface area contributed by atoms with Crippen LogP contribution in [-0.2, 0) is 24.2 Å². The van der Waals surface area contributed by atoms with Crippen LogP contribution in [0.3, 0.4) is 0 Å². The fourth-order valence-electron chi connectivity index (χ4n) is 3.51. The molecule has 5 nitrogen and oxygen atoms in total. The van der Waals surface area contributed by atoms with Crippen LogP contribution in [0.5, 0.6) is 0 Å². The van der Waals surface area contributed by atoms with Crippen LogP contribution in [0, 0.1) is 0 Å². The van der Waals surface area contributed by atoms with Crippen LogP contribution in [0.1, 0.15) is 44.5 Å². The van der Waals surface area contributed by atoms with E-state index >= 15 is 0 Å². The van der Waals surface area contributed by atoms with Gasteiger partial charge in [-0.15, -0.1) is 10.2 Å². The Hall–Kier alpha value is -1.82. The summed E-state index contributed by atoms with van der Waals surface area (Å²) in [4.78, 5) is 14.6. The van der Waals surface area contributed by atoms with Crippen molar-refractivity contribution in [2.75, 3.05) is 12.3 Å². The van der Waals surface area contributed by atoms with Gasteiger partial charge in [-0.05, 0) is 45.1 Å². The fraction of sp³-hybridized carbons (Fsp3) is 0.550. The average molecular weight is 373 g/mol. The van der Waals surface area contributed by atoms with Gasteiger partial charge in [-0.3, -0.25) is 4.79 Å². The zero-order valence-electron chi connectivity index (χ0n) is 15.7. The minimum Gasteiger partial charge on any atom is -0.339 e. The van der Waals surface area contributed by atoms with Crippen LogP contribution >= 0.6 is 11.8 Å². The molecule has 1 aliphatic rings. The first kappa shape index (κ1) is 19.0. The second kappa shape index (κ2) is 9.21. The molecule has 3 rings (SSSR count).